The summed E-state index contributed by atoms with van der Waals surface area (Å²) >= 11 is 4.43. The van der Waals surface area contributed by atoms with Gasteiger partial charge in [0.2, 0.25) is 0 Å². The van der Waals surface area contributed by atoms with E-state index >= 15 is 0 Å². The molecule has 4 N–H and O–H groups in total. The maximum atomic E-state index is 7.00. The number of nitrogens with zero attached hydrogens (tertiary/aromatic N) is 1. The van der Waals surface area contributed by atoms with Crippen LogP contribution in [-0.4, -0.2) is 17.0 Å². The van der Waals surface area contributed by atoms with E-state index in [1.54, 1.807) is 0 Å². The van der Waals surface area contributed by atoms with E-state index in [1.165, 1.54) is 44.5 Å². The molecule has 0 aliphatic rings. The van der Waals surface area contributed by atoms with Gasteiger partial charge < -0.3 is 0 Å². The summed E-state index contributed by atoms with van der Waals surface area (Å²) in [6.07, 6.45) is 0. The van der Waals surface area contributed by atoms with Gasteiger partial charge in [0.05, 0.1) is 0 Å². The van der Waals surface area contributed by atoms with Crippen LogP contribution >= 0.6 is 0 Å². The van der Waals surface area contributed by atoms with Crippen LogP contribution in [-0.2, 0) is 16.2 Å². The maximum absolute atomic E-state index is 7.00. The van der Waals surface area contributed by atoms with E-state index in [-0.39, 0.29) is 12.1 Å². The Kier molecular flexibility index (Phi) is 12.1. The second kappa shape index (κ2) is 14.0. The van der Waals surface area contributed by atoms with Crippen LogP contribution in [0.4, 0.5) is 0 Å². The van der Waals surface area contributed by atoms with Gasteiger partial charge in [-0.15, -0.1) is 0 Å². The van der Waals surface area contributed by atoms with Gasteiger partial charge in [-0.1, -0.05) is 0 Å². The molecule has 0 saturated heterocycles. The Bertz CT molecular complexity index is 910. The quantitative estimate of drug-likeness (QED) is 0.254. The van der Waals surface area contributed by atoms with Crippen LogP contribution in [0.2, 0.25) is 0 Å². The third-order valence-electron chi connectivity index (χ3n) is 7.88. The van der Waals surface area contributed by atoms with Gasteiger partial charge in [-0.2, -0.15) is 0 Å². The van der Waals surface area contributed by atoms with E-state index in [0.717, 1.165) is 0 Å². The van der Waals surface area contributed by atoms with Crippen molar-refractivity contribution in [1.82, 2.24) is 3.92 Å². The summed E-state index contributed by atoms with van der Waals surface area (Å²) in [6, 6.07) is 9.30. The second-order valence-corrected chi connectivity index (χ2v) is 13.9. The Balaban J connectivity index is 2.43. The molecule has 0 heterocycles. The molecule has 0 bridgehead atoms. The van der Waals surface area contributed by atoms with Gasteiger partial charge in [-0.3, -0.25) is 0 Å². The summed E-state index contributed by atoms with van der Waals surface area (Å²) in [4.78, 5) is 0. The number of nitrogens with two attached hydrogens (primary N) is 2. The summed E-state index contributed by atoms with van der Waals surface area (Å²) < 4.78 is 2.10. The molecule has 3 nitrogen and oxygen atoms in total. The molecule has 0 aliphatic heterocycles. The Labute approximate surface area is 243 Å². The van der Waals surface area contributed by atoms with Crippen LogP contribution in [0.5, 0.6) is 0 Å². The summed E-state index contributed by atoms with van der Waals surface area (Å²) in [5, 5.41) is 0. The zero-order valence-electron chi connectivity index (χ0n) is 26.3. The van der Waals surface area contributed by atoms with E-state index in [9.17, 15) is 0 Å². The zero-order chi connectivity index (χ0) is 29.1. The summed E-state index contributed by atoms with van der Waals surface area (Å²) in [5.74, 6) is 2.63. The molecule has 0 spiro atoms. The van der Waals surface area contributed by atoms with Crippen LogP contribution in [0.15, 0.2) is 24.3 Å². The fourth-order valence-corrected chi connectivity index (χ4v) is 5.99. The number of hydrogen-bond donors (Lipinski definition) is 2. The summed E-state index contributed by atoms with van der Waals surface area (Å²) in [6.45, 7) is 28.6. The minimum atomic E-state index is -0.117. The van der Waals surface area contributed by atoms with Crippen molar-refractivity contribution in [2.24, 2.45) is 11.5 Å². The first-order valence-corrected chi connectivity index (χ1v) is 15.3. The molecular formula is C34H56FeN3. The molecule has 0 amide bonds. The van der Waals surface area contributed by atoms with Gasteiger partial charge in [0.25, 0.3) is 0 Å². The van der Waals surface area contributed by atoms with Crippen LogP contribution < -0.4 is 11.5 Å². The number of rotatable bonds is 12. The zero-order valence-corrected chi connectivity index (χ0v) is 27.4. The average molecular weight is 563 g/mol. The Hall–Kier alpha value is -1.16. The molecule has 0 aromatic heterocycles. The average Bonchev–Trinajstić information content (AvgIpc) is 2.81. The van der Waals surface area contributed by atoms with Crippen LogP contribution in [0.1, 0.15) is 175 Å². The van der Waals surface area contributed by atoms with Crippen molar-refractivity contribution < 1.29 is 16.2 Å². The molecule has 0 aliphatic carbocycles. The van der Waals surface area contributed by atoms with Gasteiger partial charge in [0.15, 0.2) is 0 Å². The predicted octanol–water partition coefficient (Wildman–Crippen LogP) is 8.89. The standard InChI is InChI=1S/C34H56N3.Fe/c1-19(2)25-13-27(21(5)6)33(28(14-25)22(7)8)31(35)17-37-18-32(36)34-29(23(9)10)15-26(20(3)4)16-30(34)24(11)12;/h13-16,19-24,31-32H,17-18,35-36H2,1-12H3;/q-1;+1. The minimum absolute atomic E-state index is 0.117. The number of hydrogen-bond acceptors (Lipinski definition) is 3. The topological polar surface area (TPSA) is 55.3 Å². The SMILES string of the molecule is CC(C)c1cc(C(C)C)c(C(N)C[N]([Fe])CC(N)c2c(C(C)C)cc(C(C)C)cc2C(C)C)c(C(C)C)c1. The Morgan fingerprint density at radius 1 is 0.500 bits per heavy atom. The van der Waals surface area contributed by atoms with Crippen molar-refractivity contribution in [1.29, 1.82) is 0 Å². The molecule has 0 radical (unpaired) electrons. The van der Waals surface area contributed by atoms with Gasteiger partial charge in [0, 0.05) is 0 Å². The Morgan fingerprint density at radius 2 is 0.737 bits per heavy atom. The molecule has 38 heavy (non-hydrogen) atoms. The summed E-state index contributed by atoms with van der Waals surface area (Å²) in [7, 11) is 0. The van der Waals surface area contributed by atoms with Gasteiger partial charge in [-0.05, 0) is 0 Å². The van der Waals surface area contributed by atoms with Crippen molar-refractivity contribution in [3.05, 3.63) is 68.8 Å². The van der Waals surface area contributed by atoms with Crippen molar-refractivity contribution in [3.8, 4) is 0 Å². The monoisotopic (exact) mass is 562 g/mol. The van der Waals surface area contributed by atoms with Crippen LogP contribution in [0, 0.1) is 0 Å². The molecule has 2 rings (SSSR count). The van der Waals surface area contributed by atoms with E-state index in [4.69, 9.17) is 11.5 Å². The second-order valence-electron chi connectivity index (χ2n) is 13.2. The van der Waals surface area contributed by atoms with Crippen molar-refractivity contribution >= 4 is 0 Å². The molecular weight excluding hydrogens is 506 g/mol. The van der Waals surface area contributed by atoms with E-state index in [2.05, 4.69) is 127 Å². The van der Waals surface area contributed by atoms with E-state index in [0.29, 0.717) is 48.6 Å². The molecule has 0 saturated carbocycles. The molecule has 4 heteroatoms. The molecule has 215 valence electrons. The third-order valence-corrected chi connectivity index (χ3v) is 8.28. The molecule has 2 aromatic carbocycles. The van der Waals surface area contributed by atoms with E-state index < -0.39 is 0 Å². The third kappa shape index (κ3) is 7.95. The fourth-order valence-electron chi connectivity index (χ4n) is 5.55. The van der Waals surface area contributed by atoms with Crippen molar-refractivity contribution in [2.45, 2.75) is 131 Å². The van der Waals surface area contributed by atoms with Gasteiger partial charge >= 0.3 is 244 Å². The fraction of sp³-hybridized carbons (Fsp3) is 0.647. The van der Waals surface area contributed by atoms with Gasteiger partial charge in [-0.25, -0.2) is 0 Å². The molecule has 0 fully saturated rings. The van der Waals surface area contributed by atoms with Crippen molar-refractivity contribution in [3.63, 3.8) is 0 Å². The van der Waals surface area contributed by atoms with Crippen LogP contribution in [0.25, 0.3) is 0 Å². The van der Waals surface area contributed by atoms with Gasteiger partial charge in [0.1, 0.15) is 0 Å². The first kappa shape index (κ1) is 33.0. The normalized spacial score (nSPS) is 14.3. The first-order valence-electron chi connectivity index (χ1n) is 14.8. The number of benzene rings is 2. The Morgan fingerprint density at radius 3 is 0.921 bits per heavy atom. The predicted molar refractivity (Wildman–Crippen MR) is 163 cm³/mol. The van der Waals surface area contributed by atoms with E-state index in [1.807, 2.05) is 0 Å². The first-order chi connectivity index (χ1) is 17.6. The van der Waals surface area contributed by atoms with Crippen LogP contribution in [0.3, 0.4) is 0 Å². The van der Waals surface area contributed by atoms with Crippen molar-refractivity contribution in [2.75, 3.05) is 13.1 Å². The molecule has 2 aromatic rings. The molecule has 2 atom stereocenters. The summed E-state index contributed by atoms with van der Waals surface area (Å²) in [5.41, 5.74) is 24.9. The molecule has 2 unspecified atom stereocenters.